The Morgan fingerprint density at radius 3 is 3.08 bits per heavy atom. The van der Waals surface area contributed by atoms with Crippen molar-refractivity contribution in [1.82, 2.24) is 4.90 Å². The Balaban J connectivity index is 1.80. The molecule has 2 aliphatic heterocycles. The second-order valence-corrected chi connectivity index (χ2v) is 7.52. The van der Waals surface area contributed by atoms with E-state index in [0.29, 0.717) is 25.8 Å². The number of ketones is 1. The molecule has 1 aromatic carbocycles. The van der Waals surface area contributed by atoms with E-state index in [1.165, 1.54) is 6.07 Å². The third-order valence-corrected chi connectivity index (χ3v) is 6.71. The predicted octanol–water partition coefficient (Wildman–Crippen LogP) is 1.73. The number of likely N-dealkylation sites (tertiary alicyclic amines) is 1. The summed E-state index contributed by atoms with van der Waals surface area (Å²) in [6, 6.07) is 3.13. The molecule has 2 bridgehead atoms. The van der Waals surface area contributed by atoms with Gasteiger partial charge in [-0.15, -0.1) is 6.58 Å². The van der Waals surface area contributed by atoms with Crippen molar-refractivity contribution in [2.45, 2.75) is 48.8 Å². The molecular formula is C19H20FNO3. The van der Waals surface area contributed by atoms with Gasteiger partial charge in [0, 0.05) is 31.1 Å². The van der Waals surface area contributed by atoms with Gasteiger partial charge in [0.05, 0.1) is 11.0 Å². The molecule has 0 amide bonds. The number of aliphatic hydroxyl groups is 1. The van der Waals surface area contributed by atoms with Crippen molar-refractivity contribution >= 4 is 5.78 Å². The fraction of sp³-hybridized carbons (Fsp3) is 0.526. The van der Waals surface area contributed by atoms with Gasteiger partial charge in [0.15, 0.2) is 23.5 Å². The van der Waals surface area contributed by atoms with Gasteiger partial charge in [0.2, 0.25) is 0 Å². The molecule has 1 N–H and O–H groups in total. The van der Waals surface area contributed by atoms with Gasteiger partial charge in [-0.25, -0.2) is 4.39 Å². The van der Waals surface area contributed by atoms with E-state index >= 15 is 0 Å². The second-order valence-electron chi connectivity index (χ2n) is 7.52. The summed E-state index contributed by atoms with van der Waals surface area (Å²) in [5.74, 6) is -0.250. The van der Waals surface area contributed by atoms with Gasteiger partial charge >= 0.3 is 0 Å². The standard InChI is InChI=1S/C19H20FNO3/c1-2-8-21-9-7-18-15-11-3-4-12(20)16(15)24-17(18)13(22)5-6-19(18,23)14(21)10-11/h2-4,14,17,23H,1,5-10H2/t14-,17+,18+,19-/m1/s1. The van der Waals surface area contributed by atoms with E-state index in [2.05, 4.69) is 11.5 Å². The molecule has 4 atom stereocenters. The number of benzene rings is 1. The van der Waals surface area contributed by atoms with E-state index in [1.807, 2.05) is 6.08 Å². The van der Waals surface area contributed by atoms with Crippen LogP contribution in [0.4, 0.5) is 4.39 Å². The Morgan fingerprint density at radius 1 is 1.46 bits per heavy atom. The van der Waals surface area contributed by atoms with E-state index in [4.69, 9.17) is 4.74 Å². The zero-order valence-electron chi connectivity index (χ0n) is 13.4. The Kier molecular flexibility index (Phi) is 2.72. The number of nitrogens with zero attached hydrogens (tertiary/aromatic N) is 1. The van der Waals surface area contributed by atoms with Crippen LogP contribution in [0.2, 0.25) is 0 Å². The number of carbonyl (C=O) groups is 1. The van der Waals surface area contributed by atoms with Crippen LogP contribution in [0.5, 0.6) is 5.75 Å². The first-order chi connectivity index (χ1) is 11.5. The Bertz CT molecular complexity index is 778. The molecule has 2 fully saturated rings. The summed E-state index contributed by atoms with van der Waals surface area (Å²) < 4.78 is 20.2. The molecule has 2 heterocycles. The lowest BCUT2D eigenvalue weighted by Crippen LogP contribution is -2.76. The third-order valence-electron chi connectivity index (χ3n) is 6.71. The maximum Gasteiger partial charge on any atom is 0.174 e. The number of hydrogen-bond donors (Lipinski definition) is 1. The van der Waals surface area contributed by atoms with Crippen molar-refractivity contribution in [3.8, 4) is 5.75 Å². The number of ether oxygens (including phenoxy) is 1. The minimum Gasteiger partial charge on any atom is -0.478 e. The molecule has 1 spiro atoms. The normalized spacial score (nSPS) is 39.3. The number of carbonyl (C=O) groups excluding carboxylic acids is 1. The van der Waals surface area contributed by atoms with Crippen molar-refractivity contribution < 1.29 is 19.0 Å². The zero-order valence-corrected chi connectivity index (χ0v) is 13.4. The number of Topliss-reactive ketones (excluding diaryl/α,β-unsaturated/α-hetero) is 1. The average molecular weight is 329 g/mol. The Morgan fingerprint density at radius 2 is 2.29 bits per heavy atom. The number of rotatable bonds is 2. The molecule has 1 saturated carbocycles. The zero-order chi connectivity index (χ0) is 16.7. The predicted molar refractivity (Wildman–Crippen MR) is 85.6 cm³/mol. The van der Waals surface area contributed by atoms with Gasteiger partial charge in [0.25, 0.3) is 0 Å². The lowest BCUT2D eigenvalue weighted by Gasteiger charge is -2.62. The number of piperidine rings is 1. The second kappa shape index (κ2) is 4.46. The summed E-state index contributed by atoms with van der Waals surface area (Å²) in [6.07, 6.45) is 3.05. The van der Waals surface area contributed by atoms with E-state index in [9.17, 15) is 14.3 Å². The lowest BCUT2D eigenvalue weighted by molar-refractivity contribution is -0.187. The van der Waals surface area contributed by atoms with Crippen LogP contribution in [0.1, 0.15) is 30.4 Å². The van der Waals surface area contributed by atoms with Crippen LogP contribution < -0.4 is 4.74 Å². The van der Waals surface area contributed by atoms with Crippen LogP contribution in [0, 0.1) is 5.82 Å². The lowest BCUT2D eigenvalue weighted by atomic mass is 9.49. The van der Waals surface area contributed by atoms with Crippen LogP contribution in [0.15, 0.2) is 24.8 Å². The van der Waals surface area contributed by atoms with E-state index in [1.54, 1.807) is 6.07 Å². The Labute approximate surface area is 139 Å². The molecule has 5 rings (SSSR count). The van der Waals surface area contributed by atoms with E-state index in [-0.39, 0.29) is 24.0 Å². The highest BCUT2D eigenvalue weighted by Crippen LogP contribution is 2.63. The summed E-state index contributed by atoms with van der Waals surface area (Å²) in [5.41, 5.74) is -0.0845. The monoisotopic (exact) mass is 329 g/mol. The van der Waals surface area contributed by atoms with Gasteiger partial charge in [-0.05, 0) is 30.9 Å². The number of halogens is 1. The van der Waals surface area contributed by atoms with Gasteiger partial charge in [-0.1, -0.05) is 12.1 Å². The minimum absolute atomic E-state index is 0.0148. The van der Waals surface area contributed by atoms with Crippen LogP contribution in [-0.4, -0.2) is 46.6 Å². The first-order valence-electron chi connectivity index (χ1n) is 8.61. The fourth-order valence-electron chi connectivity index (χ4n) is 5.78. The molecule has 126 valence electrons. The molecule has 0 radical (unpaired) electrons. The Hall–Kier alpha value is -1.72. The van der Waals surface area contributed by atoms with E-state index in [0.717, 1.165) is 17.7 Å². The smallest absolute Gasteiger partial charge is 0.174 e. The van der Waals surface area contributed by atoms with Crippen molar-refractivity contribution in [2.75, 3.05) is 13.1 Å². The molecule has 1 aromatic rings. The van der Waals surface area contributed by atoms with Crippen LogP contribution in [0.3, 0.4) is 0 Å². The topological polar surface area (TPSA) is 49.8 Å². The van der Waals surface area contributed by atoms with Crippen molar-refractivity contribution in [3.05, 3.63) is 41.7 Å². The molecular weight excluding hydrogens is 309 g/mol. The summed E-state index contributed by atoms with van der Waals surface area (Å²) in [7, 11) is 0. The van der Waals surface area contributed by atoms with E-state index < -0.39 is 22.9 Å². The molecule has 0 aromatic heterocycles. The van der Waals surface area contributed by atoms with Gasteiger partial charge < -0.3 is 9.84 Å². The highest BCUT2D eigenvalue weighted by molar-refractivity contribution is 5.89. The highest BCUT2D eigenvalue weighted by atomic mass is 19.1. The van der Waals surface area contributed by atoms with Crippen molar-refractivity contribution in [3.63, 3.8) is 0 Å². The molecule has 0 unspecified atom stereocenters. The molecule has 4 aliphatic rings. The highest BCUT2D eigenvalue weighted by Gasteiger charge is 2.72. The summed E-state index contributed by atoms with van der Waals surface area (Å²) in [5, 5.41) is 11.8. The first kappa shape index (κ1) is 14.6. The minimum atomic E-state index is -1.06. The first-order valence-corrected chi connectivity index (χ1v) is 8.61. The molecule has 4 nitrogen and oxygen atoms in total. The van der Waals surface area contributed by atoms with Crippen LogP contribution in [0.25, 0.3) is 0 Å². The molecule has 5 heteroatoms. The van der Waals surface area contributed by atoms with Gasteiger partial charge in [-0.3, -0.25) is 9.69 Å². The largest absolute Gasteiger partial charge is 0.478 e. The molecule has 24 heavy (non-hydrogen) atoms. The third kappa shape index (κ3) is 1.40. The maximum atomic E-state index is 14.4. The van der Waals surface area contributed by atoms with Gasteiger partial charge in [-0.2, -0.15) is 0 Å². The van der Waals surface area contributed by atoms with Crippen molar-refractivity contribution in [2.24, 2.45) is 0 Å². The SMILES string of the molecule is C=CCN1CC[C@]23c4c5ccc(F)c4O[C@H]2C(=O)CC[C@@]3(O)[C@H]1C5. The van der Waals surface area contributed by atoms with Gasteiger partial charge in [0.1, 0.15) is 0 Å². The molecule has 1 saturated heterocycles. The average Bonchev–Trinajstić information content (AvgIpc) is 2.91. The van der Waals surface area contributed by atoms with Crippen LogP contribution in [-0.2, 0) is 16.6 Å². The molecule has 2 aliphatic carbocycles. The fourth-order valence-corrected chi connectivity index (χ4v) is 5.78. The summed E-state index contributed by atoms with van der Waals surface area (Å²) >= 11 is 0. The summed E-state index contributed by atoms with van der Waals surface area (Å²) in [4.78, 5) is 14.8. The summed E-state index contributed by atoms with van der Waals surface area (Å²) in [6.45, 7) is 5.28. The maximum absolute atomic E-state index is 14.4. The van der Waals surface area contributed by atoms with Crippen LogP contribution >= 0.6 is 0 Å². The quantitative estimate of drug-likeness (QED) is 0.840. The van der Waals surface area contributed by atoms with Crippen molar-refractivity contribution in [1.29, 1.82) is 0 Å². The number of hydrogen-bond acceptors (Lipinski definition) is 4.